The zero-order valence-corrected chi connectivity index (χ0v) is 18.5. The average Bonchev–Trinajstić information content (AvgIpc) is 3.48. The normalized spacial score (nSPS) is 26.4. The fraction of sp³-hybridized carbons (Fsp3) is 0.500. The number of rotatable bonds is 4. The van der Waals surface area contributed by atoms with Gasteiger partial charge in [0.2, 0.25) is 0 Å². The maximum atomic E-state index is 6.10. The lowest BCUT2D eigenvalue weighted by Gasteiger charge is -2.42. The minimum Gasteiger partial charge on any atom is -0.493 e. The summed E-state index contributed by atoms with van der Waals surface area (Å²) in [5, 5.41) is 5.52. The Hall–Kier alpha value is -2.49. The lowest BCUT2D eigenvalue weighted by atomic mass is 9.77. The minimum atomic E-state index is 0.232. The Bertz CT molecular complexity index is 1250. The Morgan fingerprint density at radius 3 is 2.81 bits per heavy atom. The number of H-pyrrole nitrogens is 1. The van der Waals surface area contributed by atoms with Crippen LogP contribution in [-0.4, -0.2) is 50.4 Å². The van der Waals surface area contributed by atoms with E-state index in [1.165, 1.54) is 37.0 Å². The molecule has 1 aliphatic carbocycles. The number of nitrogens with zero attached hydrogens (tertiary/aromatic N) is 4. The molecule has 0 radical (unpaired) electrons. The van der Waals surface area contributed by atoms with E-state index in [2.05, 4.69) is 22.0 Å². The van der Waals surface area contributed by atoms with Gasteiger partial charge < -0.3 is 20.2 Å². The Kier molecular flexibility index (Phi) is 4.52. The second kappa shape index (κ2) is 7.29. The second-order valence-electron chi connectivity index (χ2n) is 8.75. The first-order chi connectivity index (χ1) is 15.1. The van der Waals surface area contributed by atoms with Gasteiger partial charge in [-0.2, -0.15) is 5.10 Å². The Balaban J connectivity index is 1.27. The summed E-state index contributed by atoms with van der Waals surface area (Å²) in [5.41, 5.74) is 11.1. The fourth-order valence-electron chi connectivity index (χ4n) is 5.15. The van der Waals surface area contributed by atoms with E-state index in [1.54, 1.807) is 23.0 Å². The van der Waals surface area contributed by atoms with Crippen molar-refractivity contribution >= 4 is 27.3 Å². The van der Waals surface area contributed by atoms with Gasteiger partial charge in [-0.3, -0.25) is 0 Å². The van der Waals surface area contributed by atoms with Crippen molar-refractivity contribution in [3.05, 3.63) is 29.2 Å². The molecule has 4 aromatic rings. The number of aromatic amines is 1. The number of fused-ring (bicyclic) bond motifs is 2. The summed E-state index contributed by atoms with van der Waals surface area (Å²) in [6, 6.07) is 2.23. The predicted octanol–water partition coefficient (Wildman–Crippen LogP) is 3.65. The molecule has 0 aromatic carbocycles. The van der Waals surface area contributed by atoms with Crippen LogP contribution in [0, 0.1) is 12.8 Å². The summed E-state index contributed by atoms with van der Waals surface area (Å²) in [6.45, 7) is 2.85. The number of ether oxygens (including phenoxy) is 2. The highest BCUT2D eigenvalue weighted by Crippen LogP contribution is 2.43. The SMILES string of the molecule is COc1cc(-c2[nH]c3sc(C4CCC(C5OCC5N)CC4)nc3c2C)cn2ncnc12. The number of hydrogen-bond donors (Lipinski definition) is 2. The van der Waals surface area contributed by atoms with E-state index in [1.807, 2.05) is 12.3 Å². The fourth-order valence-corrected chi connectivity index (χ4v) is 6.34. The summed E-state index contributed by atoms with van der Waals surface area (Å²) >= 11 is 1.79. The molecule has 2 unspecified atom stereocenters. The molecule has 0 bridgehead atoms. The van der Waals surface area contributed by atoms with E-state index in [0.29, 0.717) is 23.2 Å². The molecule has 0 amide bonds. The van der Waals surface area contributed by atoms with Crippen LogP contribution in [0.2, 0.25) is 0 Å². The van der Waals surface area contributed by atoms with Crippen LogP contribution in [0.15, 0.2) is 18.6 Å². The molecule has 162 valence electrons. The van der Waals surface area contributed by atoms with Crippen molar-refractivity contribution in [2.45, 2.75) is 50.7 Å². The van der Waals surface area contributed by atoms with Crippen molar-refractivity contribution < 1.29 is 9.47 Å². The van der Waals surface area contributed by atoms with Gasteiger partial charge in [0.1, 0.15) is 16.7 Å². The summed E-state index contributed by atoms with van der Waals surface area (Å²) in [4.78, 5) is 14.1. The topological polar surface area (TPSA) is 103 Å². The smallest absolute Gasteiger partial charge is 0.197 e. The van der Waals surface area contributed by atoms with Crippen LogP contribution in [0.3, 0.4) is 0 Å². The molecular weight excluding hydrogens is 412 g/mol. The van der Waals surface area contributed by atoms with E-state index >= 15 is 0 Å². The molecule has 0 spiro atoms. The van der Waals surface area contributed by atoms with Gasteiger partial charge in [-0.25, -0.2) is 14.5 Å². The molecule has 4 aromatic heterocycles. The maximum Gasteiger partial charge on any atom is 0.197 e. The van der Waals surface area contributed by atoms with Gasteiger partial charge >= 0.3 is 0 Å². The van der Waals surface area contributed by atoms with Crippen molar-refractivity contribution in [3.63, 3.8) is 0 Å². The highest BCUT2D eigenvalue weighted by molar-refractivity contribution is 7.18. The summed E-state index contributed by atoms with van der Waals surface area (Å²) in [7, 11) is 1.65. The molecule has 2 aliphatic rings. The number of hydrogen-bond acceptors (Lipinski definition) is 7. The molecule has 8 nitrogen and oxygen atoms in total. The van der Waals surface area contributed by atoms with Gasteiger partial charge in [0, 0.05) is 23.2 Å². The van der Waals surface area contributed by atoms with Crippen LogP contribution >= 0.6 is 11.3 Å². The Labute approximate surface area is 183 Å². The number of thiazole rings is 1. The lowest BCUT2D eigenvalue weighted by molar-refractivity contribution is -0.112. The predicted molar refractivity (Wildman–Crippen MR) is 120 cm³/mol. The van der Waals surface area contributed by atoms with Gasteiger partial charge in [0.25, 0.3) is 0 Å². The standard InChI is InChI=1S/C22H26N6O2S/c1-11-17(14-7-16(29-2)20-24-10-25-28(20)8-14)26-22-18(11)27-21(31-22)13-5-3-12(4-6-13)19-15(23)9-30-19/h7-8,10,12-13,15,19,26H,3-6,9,23H2,1-2H3. The van der Waals surface area contributed by atoms with Crippen molar-refractivity contribution in [2.75, 3.05) is 13.7 Å². The largest absolute Gasteiger partial charge is 0.493 e. The Morgan fingerprint density at radius 2 is 2.13 bits per heavy atom. The minimum absolute atomic E-state index is 0.232. The van der Waals surface area contributed by atoms with Crippen LogP contribution in [0.1, 0.15) is 42.2 Å². The number of aromatic nitrogens is 5. The van der Waals surface area contributed by atoms with E-state index in [-0.39, 0.29) is 12.1 Å². The molecule has 6 rings (SSSR count). The number of pyridine rings is 1. The van der Waals surface area contributed by atoms with Crippen LogP contribution in [0.4, 0.5) is 0 Å². The third kappa shape index (κ3) is 3.06. The van der Waals surface area contributed by atoms with E-state index in [0.717, 1.165) is 33.8 Å². The van der Waals surface area contributed by atoms with E-state index in [9.17, 15) is 0 Å². The first kappa shape index (κ1) is 19.2. The first-order valence-corrected chi connectivity index (χ1v) is 11.7. The molecule has 2 atom stereocenters. The number of nitrogens with two attached hydrogens (primary N) is 1. The quantitative estimate of drug-likeness (QED) is 0.504. The van der Waals surface area contributed by atoms with Gasteiger partial charge in [-0.1, -0.05) is 0 Å². The number of methoxy groups -OCH3 is 1. The van der Waals surface area contributed by atoms with Crippen molar-refractivity contribution in [3.8, 4) is 17.0 Å². The van der Waals surface area contributed by atoms with Crippen molar-refractivity contribution in [1.82, 2.24) is 24.6 Å². The summed E-state index contributed by atoms with van der Waals surface area (Å²) < 4.78 is 13.0. The molecule has 1 aliphatic heterocycles. The zero-order valence-electron chi connectivity index (χ0n) is 17.7. The Morgan fingerprint density at radius 1 is 1.29 bits per heavy atom. The van der Waals surface area contributed by atoms with Gasteiger partial charge in [0.05, 0.1) is 36.6 Å². The van der Waals surface area contributed by atoms with Crippen LogP contribution in [0.25, 0.3) is 27.3 Å². The van der Waals surface area contributed by atoms with Crippen LogP contribution in [-0.2, 0) is 4.74 Å². The average molecular weight is 439 g/mol. The van der Waals surface area contributed by atoms with E-state index in [4.69, 9.17) is 20.2 Å². The monoisotopic (exact) mass is 438 g/mol. The van der Waals surface area contributed by atoms with Gasteiger partial charge in [-0.15, -0.1) is 11.3 Å². The van der Waals surface area contributed by atoms with Gasteiger partial charge in [-0.05, 0) is 44.6 Å². The molecule has 9 heteroatoms. The van der Waals surface area contributed by atoms with Crippen molar-refractivity contribution in [1.29, 1.82) is 0 Å². The summed E-state index contributed by atoms with van der Waals surface area (Å²) in [5.74, 6) is 1.85. The molecule has 2 fully saturated rings. The second-order valence-corrected chi connectivity index (χ2v) is 9.78. The zero-order chi connectivity index (χ0) is 21.1. The third-order valence-corrected chi connectivity index (χ3v) is 8.08. The third-order valence-electron chi connectivity index (χ3n) is 6.95. The van der Waals surface area contributed by atoms with Gasteiger partial charge in [0.15, 0.2) is 11.4 Å². The highest BCUT2D eigenvalue weighted by Gasteiger charge is 2.38. The first-order valence-electron chi connectivity index (χ1n) is 10.9. The van der Waals surface area contributed by atoms with Crippen LogP contribution < -0.4 is 10.5 Å². The van der Waals surface area contributed by atoms with Crippen LogP contribution in [0.5, 0.6) is 5.75 Å². The lowest BCUT2D eigenvalue weighted by Crippen LogP contribution is -2.55. The molecular formula is C22H26N6O2S. The maximum absolute atomic E-state index is 6.10. The molecule has 31 heavy (non-hydrogen) atoms. The van der Waals surface area contributed by atoms with E-state index < -0.39 is 0 Å². The number of aryl methyl sites for hydroxylation is 1. The molecule has 1 saturated heterocycles. The molecule has 5 heterocycles. The number of nitrogens with one attached hydrogen (secondary N) is 1. The molecule has 3 N–H and O–H groups in total. The highest BCUT2D eigenvalue weighted by atomic mass is 32.1. The van der Waals surface area contributed by atoms with Crippen molar-refractivity contribution in [2.24, 2.45) is 11.7 Å². The molecule has 1 saturated carbocycles. The summed E-state index contributed by atoms with van der Waals surface area (Å²) in [6.07, 6.45) is 8.48.